The molecule has 0 spiro atoms. The first-order valence-electron chi connectivity index (χ1n) is 5.93. The van der Waals surface area contributed by atoms with Gasteiger partial charge in [-0.05, 0) is 18.0 Å². The van der Waals surface area contributed by atoms with Crippen LogP contribution in [0.4, 0.5) is 0 Å². The zero-order chi connectivity index (χ0) is 12.1. The zero-order valence-corrected chi connectivity index (χ0v) is 10.8. The van der Waals surface area contributed by atoms with Crippen molar-refractivity contribution < 1.29 is 9.22 Å². The molecule has 1 saturated heterocycles. The molecule has 88 valence electrons. The van der Waals surface area contributed by atoms with E-state index >= 15 is 0 Å². The van der Waals surface area contributed by atoms with Crippen LogP contribution in [0.3, 0.4) is 0 Å². The Labute approximate surface area is 103 Å². The molecule has 2 unspecified atom stereocenters. The standard InChI is InChI=1S/C13H15NO2Si/c14-10-12(11-6-2-1-3-7-11)13(15)17-9-5-4-8-16-17/h1-3,6-7,12,17H,4-5,8-9H2. The highest BCUT2D eigenvalue weighted by Gasteiger charge is 2.31. The highest BCUT2D eigenvalue weighted by atomic mass is 28.3. The summed E-state index contributed by atoms with van der Waals surface area (Å²) in [6.45, 7) is 0.690. The Morgan fingerprint density at radius 2 is 2.12 bits per heavy atom. The number of carbonyl (C=O) groups excluding carboxylic acids is 1. The molecule has 1 aliphatic rings. The van der Waals surface area contributed by atoms with Gasteiger partial charge in [-0.2, -0.15) is 5.26 Å². The lowest BCUT2D eigenvalue weighted by Gasteiger charge is -2.21. The van der Waals surface area contributed by atoms with Crippen LogP contribution in [0.2, 0.25) is 6.04 Å². The topological polar surface area (TPSA) is 50.1 Å². The van der Waals surface area contributed by atoms with Gasteiger partial charge in [0.05, 0.1) is 6.07 Å². The molecule has 1 aromatic rings. The van der Waals surface area contributed by atoms with E-state index in [0.29, 0.717) is 6.61 Å². The molecule has 0 aromatic heterocycles. The largest absolute Gasteiger partial charge is 0.412 e. The molecular formula is C13H15NO2Si. The van der Waals surface area contributed by atoms with E-state index in [0.717, 1.165) is 24.4 Å². The average molecular weight is 245 g/mol. The lowest BCUT2D eigenvalue weighted by Crippen LogP contribution is -2.36. The molecule has 17 heavy (non-hydrogen) atoms. The van der Waals surface area contributed by atoms with Crippen LogP contribution in [0.15, 0.2) is 30.3 Å². The van der Waals surface area contributed by atoms with E-state index in [9.17, 15) is 10.1 Å². The van der Waals surface area contributed by atoms with E-state index < -0.39 is 15.0 Å². The van der Waals surface area contributed by atoms with Crippen LogP contribution in [0.5, 0.6) is 0 Å². The molecular weight excluding hydrogens is 230 g/mol. The first-order valence-corrected chi connectivity index (χ1v) is 7.79. The van der Waals surface area contributed by atoms with Crippen molar-refractivity contribution in [2.24, 2.45) is 0 Å². The molecule has 1 aromatic carbocycles. The summed E-state index contributed by atoms with van der Waals surface area (Å²) in [6.07, 6.45) is 2.11. The molecule has 4 heteroatoms. The molecule has 0 aliphatic carbocycles. The predicted octanol–water partition coefficient (Wildman–Crippen LogP) is 1.94. The van der Waals surface area contributed by atoms with Crippen molar-refractivity contribution in [2.45, 2.75) is 24.8 Å². The third-order valence-corrected chi connectivity index (χ3v) is 5.58. The monoisotopic (exact) mass is 245 g/mol. The summed E-state index contributed by atoms with van der Waals surface area (Å²) >= 11 is 0. The minimum atomic E-state index is -1.83. The van der Waals surface area contributed by atoms with Gasteiger partial charge in [0.15, 0.2) is 5.41 Å². The van der Waals surface area contributed by atoms with Crippen LogP contribution in [-0.4, -0.2) is 21.1 Å². The minimum absolute atomic E-state index is 0.0402. The molecule has 3 nitrogen and oxygen atoms in total. The van der Waals surface area contributed by atoms with Crippen molar-refractivity contribution in [1.82, 2.24) is 0 Å². The Hall–Kier alpha value is -1.44. The van der Waals surface area contributed by atoms with E-state index in [4.69, 9.17) is 4.43 Å². The van der Waals surface area contributed by atoms with Crippen molar-refractivity contribution in [1.29, 1.82) is 5.26 Å². The SMILES string of the molecule is N#CC(C(=O)[SiH]1CCCCO1)c1ccccc1. The lowest BCUT2D eigenvalue weighted by molar-refractivity contribution is -0.113. The maximum absolute atomic E-state index is 12.2. The quantitative estimate of drug-likeness (QED) is 0.765. The van der Waals surface area contributed by atoms with Gasteiger partial charge in [-0.3, -0.25) is 0 Å². The van der Waals surface area contributed by atoms with E-state index in [1.807, 2.05) is 30.3 Å². The van der Waals surface area contributed by atoms with Gasteiger partial charge in [0.25, 0.3) is 9.04 Å². The van der Waals surface area contributed by atoms with E-state index in [-0.39, 0.29) is 5.41 Å². The second-order valence-electron chi connectivity index (χ2n) is 4.23. The number of hydrogen-bond acceptors (Lipinski definition) is 3. The molecule has 0 saturated carbocycles. The molecule has 1 aliphatic heterocycles. The molecule has 2 atom stereocenters. The molecule has 1 heterocycles. The van der Waals surface area contributed by atoms with Gasteiger partial charge in [-0.15, -0.1) is 0 Å². The van der Waals surface area contributed by atoms with Crippen molar-refractivity contribution in [3.05, 3.63) is 35.9 Å². The fourth-order valence-corrected chi connectivity index (χ4v) is 4.46. The molecule has 1 fully saturated rings. The third kappa shape index (κ3) is 2.81. The van der Waals surface area contributed by atoms with Gasteiger partial charge in [0, 0.05) is 6.61 Å². The summed E-state index contributed by atoms with van der Waals surface area (Å²) in [6, 6.07) is 12.3. The molecule has 0 amide bonds. The normalized spacial score (nSPS) is 21.5. The molecule has 0 N–H and O–H groups in total. The second-order valence-corrected chi connectivity index (χ2v) is 6.69. The van der Waals surface area contributed by atoms with Crippen LogP contribution in [0.1, 0.15) is 24.3 Å². The van der Waals surface area contributed by atoms with Gasteiger partial charge in [0.2, 0.25) is 0 Å². The summed E-state index contributed by atoms with van der Waals surface area (Å²) < 4.78 is 5.58. The van der Waals surface area contributed by atoms with Crippen molar-refractivity contribution >= 4 is 14.4 Å². The van der Waals surface area contributed by atoms with E-state index in [1.54, 1.807) is 0 Å². The minimum Gasteiger partial charge on any atom is -0.412 e. The maximum atomic E-state index is 12.2. The number of nitriles is 1. The Kier molecular flexibility index (Phi) is 4.07. The highest BCUT2D eigenvalue weighted by Crippen LogP contribution is 2.21. The predicted molar refractivity (Wildman–Crippen MR) is 66.9 cm³/mol. The highest BCUT2D eigenvalue weighted by molar-refractivity contribution is 6.86. The van der Waals surface area contributed by atoms with E-state index in [2.05, 4.69) is 6.07 Å². The smallest absolute Gasteiger partial charge is 0.251 e. The van der Waals surface area contributed by atoms with Gasteiger partial charge < -0.3 is 9.22 Å². The number of carbonyl (C=O) groups is 1. The Balaban J connectivity index is 2.13. The first-order chi connectivity index (χ1) is 8.33. The van der Waals surface area contributed by atoms with E-state index in [1.165, 1.54) is 0 Å². The van der Waals surface area contributed by atoms with Crippen LogP contribution in [-0.2, 0) is 9.22 Å². The van der Waals surface area contributed by atoms with Gasteiger partial charge in [-0.25, -0.2) is 0 Å². The lowest BCUT2D eigenvalue weighted by atomic mass is 10.0. The summed E-state index contributed by atoms with van der Waals surface area (Å²) in [5.41, 5.74) is 0.793. The van der Waals surface area contributed by atoms with Gasteiger partial charge in [0.1, 0.15) is 5.92 Å². The van der Waals surface area contributed by atoms with Crippen LogP contribution >= 0.6 is 0 Å². The maximum Gasteiger partial charge on any atom is 0.251 e. The Morgan fingerprint density at radius 3 is 2.71 bits per heavy atom. The zero-order valence-electron chi connectivity index (χ0n) is 9.63. The Morgan fingerprint density at radius 1 is 1.35 bits per heavy atom. The Bertz CT molecular complexity index is 421. The summed E-state index contributed by atoms with van der Waals surface area (Å²) in [5.74, 6) is -0.633. The molecule has 0 radical (unpaired) electrons. The summed E-state index contributed by atoms with van der Waals surface area (Å²) in [5, 5.41) is 9.22. The van der Waals surface area contributed by atoms with Crippen molar-refractivity contribution in [3.8, 4) is 6.07 Å². The van der Waals surface area contributed by atoms with Crippen LogP contribution in [0.25, 0.3) is 0 Å². The average Bonchev–Trinajstić information content (AvgIpc) is 2.42. The fourth-order valence-electron chi connectivity index (χ4n) is 2.10. The number of benzene rings is 1. The number of rotatable bonds is 3. The fraction of sp³-hybridized carbons (Fsp3) is 0.385. The van der Waals surface area contributed by atoms with Crippen LogP contribution < -0.4 is 0 Å². The van der Waals surface area contributed by atoms with Crippen LogP contribution in [0, 0.1) is 11.3 Å². The number of nitrogens with zero attached hydrogens (tertiary/aromatic N) is 1. The molecule has 0 bridgehead atoms. The molecule has 2 rings (SSSR count). The second kappa shape index (κ2) is 5.76. The van der Waals surface area contributed by atoms with Crippen molar-refractivity contribution in [3.63, 3.8) is 0 Å². The van der Waals surface area contributed by atoms with Crippen molar-refractivity contribution in [2.75, 3.05) is 6.61 Å². The third-order valence-electron chi connectivity index (χ3n) is 3.04. The summed E-state index contributed by atoms with van der Waals surface area (Å²) in [4.78, 5) is 12.2. The van der Waals surface area contributed by atoms with Gasteiger partial charge in [-0.1, -0.05) is 36.8 Å². The summed E-state index contributed by atoms with van der Waals surface area (Å²) in [7, 11) is -1.83. The van der Waals surface area contributed by atoms with Gasteiger partial charge >= 0.3 is 0 Å². The first kappa shape index (κ1) is 12.0. The number of hydrogen-bond donors (Lipinski definition) is 0.